The molecule has 0 amide bonds. The van der Waals surface area contributed by atoms with E-state index in [2.05, 4.69) is 34.8 Å². The Kier molecular flexibility index (Phi) is 2.34. The zero-order chi connectivity index (χ0) is 18.6. The molecule has 4 aromatic rings. The Morgan fingerprint density at radius 2 is 1.96 bits per heavy atom. The van der Waals surface area contributed by atoms with E-state index < -0.39 is 6.85 Å². The molecule has 0 aliphatic carbocycles. The van der Waals surface area contributed by atoms with Crippen LogP contribution in [-0.2, 0) is 7.05 Å². The van der Waals surface area contributed by atoms with Gasteiger partial charge in [-0.3, -0.25) is 0 Å². The van der Waals surface area contributed by atoms with Crippen LogP contribution in [0, 0.1) is 20.7 Å². The second-order valence-corrected chi connectivity index (χ2v) is 6.01. The number of benzene rings is 1. The van der Waals surface area contributed by atoms with Crippen molar-refractivity contribution in [3.8, 4) is 11.3 Å². The number of aromatic nitrogens is 2. The Morgan fingerprint density at radius 1 is 1.09 bits per heavy atom. The average Bonchev–Trinajstić information content (AvgIpc) is 2.90. The van der Waals surface area contributed by atoms with E-state index in [0.29, 0.717) is 16.7 Å². The average molecular weight is 306 g/mol. The predicted octanol–water partition coefficient (Wildman–Crippen LogP) is 4.40. The molecule has 0 unspecified atom stereocenters. The monoisotopic (exact) mass is 306 g/mol. The summed E-state index contributed by atoms with van der Waals surface area (Å²) in [7, 11) is 2.02. The fourth-order valence-corrected chi connectivity index (χ4v) is 3.10. The molecule has 0 N–H and O–H groups in total. The van der Waals surface area contributed by atoms with Crippen LogP contribution < -0.4 is 4.57 Å². The highest BCUT2D eigenvalue weighted by atomic mass is 16.3. The SMILES string of the molecule is [2H]C([2H])([2H])c1ccc2oc3cc(-c4ccc(C)c[n+]4C)c(C)cc3c2n1. The van der Waals surface area contributed by atoms with E-state index in [1.807, 2.05) is 26.1 Å². The molecule has 0 saturated heterocycles. The molecule has 4 rings (SSSR count). The maximum Gasteiger partial charge on any atom is 0.212 e. The molecule has 0 bridgehead atoms. The van der Waals surface area contributed by atoms with Crippen LogP contribution >= 0.6 is 0 Å². The van der Waals surface area contributed by atoms with Gasteiger partial charge in [0.15, 0.2) is 11.8 Å². The molecule has 3 heteroatoms. The van der Waals surface area contributed by atoms with E-state index in [1.54, 1.807) is 6.07 Å². The molecule has 23 heavy (non-hydrogen) atoms. The summed E-state index contributed by atoms with van der Waals surface area (Å²) in [5, 5.41) is 0.835. The molecule has 0 saturated carbocycles. The third kappa shape index (κ3) is 2.20. The van der Waals surface area contributed by atoms with Gasteiger partial charge in [0, 0.05) is 26.8 Å². The van der Waals surface area contributed by atoms with Crippen LogP contribution in [0.3, 0.4) is 0 Å². The lowest BCUT2D eigenvalue weighted by Crippen LogP contribution is -2.31. The smallest absolute Gasteiger partial charge is 0.212 e. The number of aryl methyl sites for hydroxylation is 4. The van der Waals surface area contributed by atoms with Gasteiger partial charge < -0.3 is 4.42 Å². The zero-order valence-electron chi connectivity index (χ0n) is 16.3. The van der Waals surface area contributed by atoms with Crippen LogP contribution in [0.25, 0.3) is 33.3 Å². The first kappa shape index (κ1) is 10.9. The Labute approximate surface area is 139 Å². The molecular weight excluding hydrogens is 284 g/mol. The van der Waals surface area contributed by atoms with Gasteiger partial charge in [0.2, 0.25) is 5.69 Å². The fraction of sp³-hybridized carbons (Fsp3) is 0.200. The van der Waals surface area contributed by atoms with Crippen LogP contribution in [0.1, 0.15) is 20.9 Å². The first-order chi connectivity index (χ1) is 12.2. The molecule has 0 atom stereocenters. The Bertz CT molecular complexity index is 1160. The second-order valence-electron chi connectivity index (χ2n) is 6.01. The van der Waals surface area contributed by atoms with E-state index >= 15 is 0 Å². The van der Waals surface area contributed by atoms with Gasteiger partial charge >= 0.3 is 0 Å². The van der Waals surface area contributed by atoms with Gasteiger partial charge in [0.25, 0.3) is 0 Å². The van der Waals surface area contributed by atoms with Crippen molar-refractivity contribution >= 4 is 22.1 Å². The molecule has 114 valence electrons. The largest absolute Gasteiger partial charge is 0.454 e. The zero-order valence-corrected chi connectivity index (χ0v) is 13.3. The van der Waals surface area contributed by atoms with E-state index in [1.165, 1.54) is 11.6 Å². The summed E-state index contributed by atoms with van der Waals surface area (Å²) in [6.07, 6.45) is 2.09. The summed E-state index contributed by atoms with van der Waals surface area (Å²) >= 11 is 0. The number of pyridine rings is 2. The van der Waals surface area contributed by atoms with Crippen molar-refractivity contribution in [2.24, 2.45) is 7.05 Å². The summed E-state index contributed by atoms with van der Waals surface area (Å²) < 4.78 is 30.8. The van der Waals surface area contributed by atoms with Crippen LogP contribution in [0.2, 0.25) is 0 Å². The maximum atomic E-state index is 7.58. The van der Waals surface area contributed by atoms with E-state index in [-0.39, 0.29) is 5.69 Å². The number of furan rings is 1. The van der Waals surface area contributed by atoms with E-state index in [9.17, 15) is 0 Å². The molecule has 3 aromatic heterocycles. The molecule has 3 heterocycles. The van der Waals surface area contributed by atoms with Crippen LogP contribution in [0.4, 0.5) is 0 Å². The maximum absolute atomic E-state index is 7.58. The Hall–Kier alpha value is -2.68. The summed E-state index contributed by atoms with van der Waals surface area (Å²) in [4.78, 5) is 4.35. The van der Waals surface area contributed by atoms with Crippen LogP contribution in [0.5, 0.6) is 0 Å². The van der Waals surface area contributed by atoms with Gasteiger partial charge in [0.1, 0.15) is 18.1 Å². The molecule has 0 spiro atoms. The van der Waals surface area contributed by atoms with Gasteiger partial charge in [-0.05, 0) is 56.6 Å². The van der Waals surface area contributed by atoms with Crippen molar-refractivity contribution in [3.05, 3.63) is 59.4 Å². The Balaban J connectivity index is 1.97. The van der Waals surface area contributed by atoms with Crippen molar-refractivity contribution in [1.29, 1.82) is 0 Å². The third-order valence-corrected chi connectivity index (χ3v) is 4.22. The Morgan fingerprint density at radius 3 is 2.74 bits per heavy atom. The summed E-state index contributed by atoms with van der Waals surface area (Å²) in [6, 6.07) is 11.4. The molecule has 0 aliphatic heterocycles. The highest BCUT2D eigenvalue weighted by molar-refractivity contribution is 6.04. The minimum atomic E-state index is -2.23. The molecule has 3 nitrogen and oxygen atoms in total. The fourth-order valence-electron chi connectivity index (χ4n) is 3.10. The number of nitrogens with zero attached hydrogens (tertiary/aromatic N) is 2. The van der Waals surface area contributed by atoms with Crippen molar-refractivity contribution in [2.75, 3.05) is 0 Å². The lowest BCUT2D eigenvalue weighted by molar-refractivity contribution is -0.660. The number of rotatable bonds is 1. The predicted molar refractivity (Wildman–Crippen MR) is 92.3 cm³/mol. The van der Waals surface area contributed by atoms with Gasteiger partial charge in [-0.25, -0.2) is 9.55 Å². The van der Waals surface area contributed by atoms with E-state index in [0.717, 1.165) is 22.2 Å². The molecular formula is C20H19N2O+. The first-order valence-electron chi connectivity index (χ1n) is 9.05. The van der Waals surface area contributed by atoms with Crippen molar-refractivity contribution in [1.82, 2.24) is 4.98 Å². The normalized spacial score (nSPS) is 14.0. The second kappa shape index (κ2) is 4.92. The van der Waals surface area contributed by atoms with Crippen molar-refractivity contribution in [3.63, 3.8) is 0 Å². The van der Waals surface area contributed by atoms with Gasteiger partial charge in [-0.1, -0.05) is 0 Å². The first-order valence-corrected chi connectivity index (χ1v) is 7.55. The number of fused-ring (bicyclic) bond motifs is 3. The van der Waals surface area contributed by atoms with Crippen molar-refractivity contribution < 1.29 is 13.1 Å². The topological polar surface area (TPSA) is 29.9 Å². The third-order valence-electron chi connectivity index (χ3n) is 4.22. The van der Waals surface area contributed by atoms with Gasteiger partial charge in [0.05, 0.1) is 5.56 Å². The quantitative estimate of drug-likeness (QED) is 0.488. The van der Waals surface area contributed by atoms with Crippen LogP contribution in [0.15, 0.2) is 47.0 Å². The highest BCUT2D eigenvalue weighted by Crippen LogP contribution is 2.32. The van der Waals surface area contributed by atoms with Gasteiger partial charge in [-0.2, -0.15) is 0 Å². The number of hydrogen-bond acceptors (Lipinski definition) is 2. The lowest BCUT2D eigenvalue weighted by Gasteiger charge is -2.05. The molecule has 0 radical (unpaired) electrons. The van der Waals surface area contributed by atoms with Gasteiger partial charge in [-0.15, -0.1) is 0 Å². The summed E-state index contributed by atoms with van der Waals surface area (Å²) in [5.41, 5.74) is 6.42. The molecule has 1 aromatic carbocycles. The molecule has 0 fully saturated rings. The summed E-state index contributed by atoms with van der Waals surface area (Å²) in [6.45, 7) is 1.87. The summed E-state index contributed by atoms with van der Waals surface area (Å²) in [5.74, 6) is 0. The molecule has 0 aliphatic rings. The highest BCUT2D eigenvalue weighted by Gasteiger charge is 2.17. The lowest BCUT2D eigenvalue weighted by atomic mass is 10.0. The van der Waals surface area contributed by atoms with Crippen LogP contribution in [-0.4, -0.2) is 4.98 Å². The van der Waals surface area contributed by atoms with E-state index in [4.69, 9.17) is 8.53 Å². The number of hydrogen-bond donors (Lipinski definition) is 0. The minimum Gasteiger partial charge on any atom is -0.454 e. The minimum absolute atomic E-state index is 0.0827. The standard InChI is InChI=1S/C20H19N2O/c1-12-5-7-17(22(4)11-12)15-10-19-16(9-13(15)2)20-18(23-19)8-6-14(3)21-20/h5-11H,1-4H3/q+1/i3D3. The van der Waals surface area contributed by atoms with Crippen molar-refractivity contribution in [2.45, 2.75) is 20.7 Å².